The zero-order valence-corrected chi connectivity index (χ0v) is 18.8. The van der Waals surface area contributed by atoms with Gasteiger partial charge in [-0.25, -0.2) is 9.59 Å². The second-order valence-corrected chi connectivity index (χ2v) is 7.43. The number of amides is 2. The molecule has 1 atom stereocenters. The van der Waals surface area contributed by atoms with E-state index in [9.17, 15) is 9.59 Å². The molecule has 0 spiro atoms. The van der Waals surface area contributed by atoms with Gasteiger partial charge in [0.1, 0.15) is 6.61 Å². The van der Waals surface area contributed by atoms with E-state index >= 15 is 0 Å². The van der Waals surface area contributed by atoms with Gasteiger partial charge in [0, 0.05) is 5.70 Å². The molecule has 170 valence electrons. The third-order valence-electron chi connectivity index (χ3n) is 5.18. The van der Waals surface area contributed by atoms with Crippen LogP contribution in [0.4, 0.5) is 4.79 Å². The summed E-state index contributed by atoms with van der Waals surface area (Å²) in [4.78, 5) is 25.0. The van der Waals surface area contributed by atoms with Crippen LogP contribution in [0.15, 0.2) is 59.8 Å². The van der Waals surface area contributed by atoms with E-state index in [-0.39, 0.29) is 6.03 Å². The number of hydrogen-bond acceptors (Lipinski definition) is 5. The predicted octanol–water partition coefficient (Wildman–Crippen LogP) is 4.64. The normalized spacial score (nSPS) is 15.6. The molecule has 0 radical (unpaired) electrons. The fourth-order valence-corrected chi connectivity index (χ4v) is 3.60. The number of rotatable bonds is 10. The standard InChI is InChI=1S/C25H30N2O5/c1-4-6-12-19-22(24(28)30-3)23(27-25(29)26-19)18-13-14-20(21(15-18)31-5-2)32-16-17-10-8-7-9-11-17/h7-11,13-15,23H,4-6,12,16H2,1-3H3,(H2,26,27,29). The predicted molar refractivity (Wildman–Crippen MR) is 121 cm³/mol. The highest BCUT2D eigenvalue weighted by Gasteiger charge is 2.33. The highest BCUT2D eigenvalue weighted by atomic mass is 16.5. The largest absolute Gasteiger partial charge is 0.490 e. The number of unbranched alkanes of at least 4 members (excludes halogenated alkanes) is 1. The van der Waals surface area contributed by atoms with Crippen molar-refractivity contribution in [1.29, 1.82) is 0 Å². The van der Waals surface area contributed by atoms with Gasteiger partial charge in [-0.05, 0) is 43.0 Å². The summed E-state index contributed by atoms with van der Waals surface area (Å²) in [6, 6.07) is 14.3. The van der Waals surface area contributed by atoms with E-state index < -0.39 is 12.0 Å². The average Bonchev–Trinajstić information content (AvgIpc) is 2.81. The molecule has 0 fully saturated rings. The van der Waals surface area contributed by atoms with Crippen molar-refractivity contribution in [3.05, 3.63) is 70.9 Å². The van der Waals surface area contributed by atoms with Gasteiger partial charge < -0.3 is 24.8 Å². The number of ether oxygens (including phenoxy) is 3. The summed E-state index contributed by atoms with van der Waals surface area (Å²) in [5.74, 6) is 0.665. The molecule has 2 aromatic rings. The molecule has 0 saturated carbocycles. The molecule has 0 saturated heterocycles. The molecule has 0 aromatic heterocycles. The molecule has 32 heavy (non-hydrogen) atoms. The Balaban J connectivity index is 1.94. The van der Waals surface area contributed by atoms with Gasteiger partial charge in [-0.3, -0.25) is 0 Å². The summed E-state index contributed by atoms with van der Waals surface area (Å²) >= 11 is 0. The first-order chi connectivity index (χ1) is 15.6. The zero-order chi connectivity index (χ0) is 22.9. The van der Waals surface area contributed by atoms with E-state index in [1.165, 1.54) is 7.11 Å². The lowest BCUT2D eigenvalue weighted by atomic mass is 9.93. The van der Waals surface area contributed by atoms with Crippen molar-refractivity contribution in [2.75, 3.05) is 13.7 Å². The number of hydrogen-bond donors (Lipinski definition) is 2. The van der Waals surface area contributed by atoms with Crippen LogP contribution in [-0.4, -0.2) is 25.7 Å². The molecular formula is C25H30N2O5. The van der Waals surface area contributed by atoms with Gasteiger partial charge in [-0.1, -0.05) is 49.7 Å². The van der Waals surface area contributed by atoms with Gasteiger partial charge in [-0.2, -0.15) is 0 Å². The van der Waals surface area contributed by atoms with Crippen molar-refractivity contribution in [2.45, 2.75) is 45.8 Å². The first-order valence-electron chi connectivity index (χ1n) is 10.9. The number of nitrogens with one attached hydrogen (secondary N) is 2. The Morgan fingerprint density at radius 1 is 1.03 bits per heavy atom. The maximum Gasteiger partial charge on any atom is 0.337 e. The first-order valence-corrected chi connectivity index (χ1v) is 10.9. The lowest BCUT2D eigenvalue weighted by molar-refractivity contribution is -0.136. The summed E-state index contributed by atoms with van der Waals surface area (Å²) in [5, 5.41) is 5.62. The van der Waals surface area contributed by atoms with Crippen molar-refractivity contribution in [3.63, 3.8) is 0 Å². The zero-order valence-electron chi connectivity index (χ0n) is 18.8. The minimum Gasteiger partial charge on any atom is -0.490 e. The maximum atomic E-state index is 12.6. The van der Waals surface area contributed by atoms with E-state index in [0.29, 0.717) is 48.0 Å². The van der Waals surface area contributed by atoms with Gasteiger partial charge in [-0.15, -0.1) is 0 Å². The molecule has 7 nitrogen and oxygen atoms in total. The summed E-state index contributed by atoms with van der Waals surface area (Å²) < 4.78 is 16.8. The third-order valence-corrected chi connectivity index (χ3v) is 5.18. The number of esters is 1. The van der Waals surface area contributed by atoms with Crippen molar-refractivity contribution < 1.29 is 23.8 Å². The minimum atomic E-state index is -0.648. The Morgan fingerprint density at radius 2 is 1.81 bits per heavy atom. The van der Waals surface area contributed by atoms with Crippen molar-refractivity contribution in [2.24, 2.45) is 0 Å². The van der Waals surface area contributed by atoms with Crippen LogP contribution in [-0.2, 0) is 16.1 Å². The lowest BCUT2D eigenvalue weighted by Crippen LogP contribution is -2.45. The monoisotopic (exact) mass is 438 g/mol. The van der Waals surface area contributed by atoms with Crippen LogP contribution in [0, 0.1) is 0 Å². The summed E-state index contributed by atoms with van der Waals surface area (Å²) in [6.07, 6.45) is 2.37. The van der Waals surface area contributed by atoms with E-state index in [4.69, 9.17) is 14.2 Å². The average molecular weight is 439 g/mol. The van der Waals surface area contributed by atoms with Crippen LogP contribution in [0.25, 0.3) is 0 Å². The molecule has 1 aliphatic heterocycles. The SMILES string of the molecule is CCCCC1=C(C(=O)OC)C(c2ccc(OCc3ccccc3)c(OCC)c2)NC(=O)N1. The third kappa shape index (κ3) is 5.60. The van der Waals surface area contributed by atoms with E-state index in [2.05, 4.69) is 17.6 Å². The molecular weight excluding hydrogens is 408 g/mol. The topological polar surface area (TPSA) is 85.9 Å². The van der Waals surface area contributed by atoms with Crippen molar-refractivity contribution in [3.8, 4) is 11.5 Å². The number of carbonyl (C=O) groups excluding carboxylic acids is 2. The van der Waals surface area contributed by atoms with Crippen LogP contribution in [0.5, 0.6) is 11.5 Å². The molecule has 2 aromatic carbocycles. The van der Waals surface area contributed by atoms with Gasteiger partial charge in [0.05, 0.1) is 25.3 Å². The Morgan fingerprint density at radius 3 is 2.50 bits per heavy atom. The fraction of sp³-hybridized carbons (Fsp3) is 0.360. The first kappa shape index (κ1) is 23.2. The van der Waals surface area contributed by atoms with Crippen LogP contribution >= 0.6 is 0 Å². The highest BCUT2D eigenvalue weighted by Crippen LogP contribution is 2.35. The van der Waals surface area contributed by atoms with Crippen LogP contribution in [0.2, 0.25) is 0 Å². The smallest absolute Gasteiger partial charge is 0.337 e. The van der Waals surface area contributed by atoms with Gasteiger partial charge in [0.15, 0.2) is 11.5 Å². The maximum absolute atomic E-state index is 12.6. The molecule has 2 amide bonds. The second kappa shape index (κ2) is 11.2. The molecule has 1 unspecified atom stereocenters. The quantitative estimate of drug-likeness (QED) is 0.528. The summed E-state index contributed by atoms with van der Waals surface area (Å²) in [7, 11) is 1.34. The van der Waals surface area contributed by atoms with E-state index in [1.807, 2.05) is 43.3 Å². The molecule has 1 aliphatic rings. The number of urea groups is 1. The minimum absolute atomic E-state index is 0.351. The Hall–Kier alpha value is -3.48. The van der Waals surface area contributed by atoms with Crippen LogP contribution in [0.1, 0.15) is 50.3 Å². The van der Waals surface area contributed by atoms with Gasteiger partial charge in [0.2, 0.25) is 0 Å². The molecule has 0 bridgehead atoms. The van der Waals surface area contributed by atoms with Crippen molar-refractivity contribution >= 4 is 12.0 Å². The highest BCUT2D eigenvalue weighted by molar-refractivity contribution is 5.95. The summed E-state index contributed by atoms with van der Waals surface area (Å²) in [6.45, 7) is 4.80. The molecule has 2 N–H and O–H groups in total. The van der Waals surface area contributed by atoms with E-state index in [0.717, 1.165) is 18.4 Å². The lowest BCUT2D eigenvalue weighted by Gasteiger charge is -2.29. The molecule has 1 heterocycles. The molecule has 7 heteroatoms. The van der Waals surface area contributed by atoms with Crippen molar-refractivity contribution in [1.82, 2.24) is 10.6 Å². The van der Waals surface area contributed by atoms with E-state index in [1.54, 1.807) is 12.1 Å². The second-order valence-electron chi connectivity index (χ2n) is 7.43. The van der Waals surface area contributed by atoms with Gasteiger partial charge >= 0.3 is 12.0 Å². The Kier molecular flexibility index (Phi) is 8.14. The Bertz CT molecular complexity index is 972. The van der Waals surface area contributed by atoms with Crippen LogP contribution < -0.4 is 20.1 Å². The molecule has 3 rings (SSSR count). The summed E-state index contributed by atoms with van der Waals surface area (Å²) in [5.41, 5.74) is 2.75. The van der Waals surface area contributed by atoms with Crippen LogP contribution in [0.3, 0.4) is 0 Å². The molecule has 0 aliphatic carbocycles. The Labute approximate surface area is 188 Å². The number of benzene rings is 2. The number of allylic oxidation sites excluding steroid dienone is 1. The number of methoxy groups -OCH3 is 1. The number of carbonyl (C=O) groups is 2. The van der Waals surface area contributed by atoms with Gasteiger partial charge in [0.25, 0.3) is 0 Å². The fourth-order valence-electron chi connectivity index (χ4n) is 3.60.